The van der Waals surface area contributed by atoms with Crippen molar-refractivity contribution in [3.8, 4) is 33.4 Å². The van der Waals surface area contributed by atoms with Crippen LogP contribution in [0.1, 0.15) is 5.56 Å². The average molecular weight is 465 g/mol. The molecule has 0 amide bonds. The lowest BCUT2D eigenvalue weighted by atomic mass is 9.84. The van der Waals surface area contributed by atoms with E-state index >= 15 is 0 Å². The van der Waals surface area contributed by atoms with Gasteiger partial charge in [0.05, 0.1) is 6.42 Å². The highest BCUT2D eigenvalue weighted by Gasteiger charge is 2.18. The minimum absolute atomic E-state index is 0.00720. The quantitative estimate of drug-likeness (QED) is 0.259. The number of benzene rings is 6. The average Bonchev–Trinajstić information content (AvgIpc) is 2.92. The van der Waals surface area contributed by atoms with E-state index in [1.807, 2.05) is 36.4 Å². The molecule has 0 unspecified atom stereocenters. The van der Waals surface area contributed by atoms with Crippen molar-refractivity contribution in [1.82, 2.24) is 0 Å². The second kappa shape index (κ2) is 9.16. The van der Waals surface area contributed by atoms with Gasteiger partial charge in [0.2, 0.25) is 0 Å². The molecular formula is C34H24O2. The van der Waals surface area contributed by atoms with Crippen molar-refractivity contribution in [2.24, 2.45) is 0 Å². The molecule has 0 aliphatic carbocycles. The third-order valence-corrected chi connectivity index (χ3v) is 6.82. The maximum Gasteiger partial charge on any atom is 0.307 e. The first-order valence-corrected chi connectivity index (χ1v) is 12.1. The first kappa shape index (κ1) is 21.8. The van der Waals surface area contributed by atoms with Crippen LogP contribution in [0.15, 0.2) is 127 Å². The normalized spacial score (nSPS) is 11.1. The number of carboxylic acids is 1. The van der Waals surface area contributed by atoms with Crippen molar-refractivity contribution < 1.29 is 9.90 Å². The van der Waals surface area contributed by atoms with Crippen LogP contribution >= 0.6 is 0 Å². The third-order valence-electron chi connectivity index (χ3n) is 6.82. The lowest BCUT2D eigenvalue weighted by molar-refractivity contribution is -0.136. The summed E-state index contributed by atoms with van der Waals surface area (Å²) >= 11 is 0. The van der Waals surface area contributed by atoms with Gasteiger partial charge < -0.3 is 5.11 Å². The van der Waals surface area contributed by atoms with Gasteiger partial charge in [-0.15, -0.1) is 0 Å². The summed E-state index contributed by atoms with van der Waals surface area (Å²) in [6, 6.07) is 44.0. The molecule has 0 radical (unpaired) electrons. The van der Waals surface area contributed by atoms with E-state index in [2.05, 4.69) is 91.0 Å². The van der Waals surface area contributed by atoms with Crippen LogP contribution in [0.2, 0.25) is 0 Å². The Labute approximate surface area is 210 Å². The number of fused-ring (bicyclic) bond motifs is 2. The maximum atomic E-state index is 11.6. The second-order valence-corrected chi connectivity index (χ2v) is 9.02. The van der Waals surface area contributed by atoms with Crippen LogP contribution in [0.25, 0.3) is 54.9 Å². The van der Waals surface area contributed by atoms with E-state index in [-0.39, 0.29) is 6.42 Å². The van der Waals surface area contributed by atoms with E-state index < -0.39 is 5.97 Å². The summed E-state index contributed by atoms with van der Waals surface area (Å²) in [5, 5.41) is 14.2. The lowest BCUT2D eigenvalue weighted by Crippen LogP contribution is -2.01. The molecule has 6 aromatic rings. The van der Waals surface area contributed by atoms with E-state index in [1.54, 1.807) is 0 Å². The van der Waals surface area contributed by atoms with Crippen molar-refractivity contribution in [3.63, 3.8) is 0 Å². The van der Waals surface area contributed by atoms with Gasteiger partial charge in [-0.25, -0.2) is 0 Å². The molecule has 0 bridgehead atoms. The molecule has 0 spiro atoms. The largest absolute Gasteiger partial charge is 0.481 e. The van der Waals surface area contributed by atoms with Gasteiger partial charge in [0, 0.05) is 0 Å². The molecule has 2 nitrogen and oxygen atoms in total. The molecule has 0 aliphatic heterocycles. The minimum atomic E-state index is -0.828. The van der Waals surface area contributed by atoms with Crippen molar-refractivity contribution in [3.05, 3.63) is 133 Å². The molecule has 0 atom stereocenters. The molecule has 0 heterocycles. The maximum absolute atomic E-state index is 11.6. The van der Waals surface area contributed by atoms with E-state index in [1.165, 1.54) is 32.8 Å². The summed E-state index contributed by atoms with van der Waals surface area (Å²) in [6.07, 6.45) is -0.00720. The van der Waals surface area contributed by atoms with Gasteiger partial charge in [0.25, 0.3) is 0 Å². The molecule has 1 N–H and O–H groups in total. The number of carbonyl (C=O) groups is 1. The van der Waals surface area contributed by atoms with Crippen LogP contribution < -0.4 is 0 Å². The molecule has 2 heteroatoms. The highest BCUT2D eigenvalue weighted by atomic mass is 16.4. The van der Waals surface area contributed by atoms with Crippen LogP contribution in [0, 0.1) is 0 Å². The zero-order chi connectivity index (χ0) is 24.5. The number of rotatable bonds is 5. The van der Waals surface area contributed by atoms with E-state index in [0.717, 1.165) is 27.6 Å². The van der Waals surface area contributed by atoms with E-state index in [0.29, 0.717) is 0 Å². The third kappa shape index (κ3) is 3.83. The summed E-state index contributed by atoms with van der Waals surface area (Å²) in [6.45, 7) is 0. The molecule has 0 saturated carbocycles. The Kier molecular flexibility index (Phi) is 5.55. The summed E-state index contributed by atoms with van der Waals surface area (Å²) in [5.74, 6) is -0.828. The van der Waals surface area contributed by atoms with Gasteiger partial charge in [0.15, 0.2) is 0 Å². The van der Waals surface area contributed by atoms with Gasteiger partial charge in [-0.1, -0.05) is 121 Å². The van der Waals surface area contributed by atoms with Crippen molar-refractivity contribution in [2.75, 3.05) is 0 Å². The van der Waals surface area contributed by atoms with Gasteiger partial charge in [-0.05, 0) is 66.6 Å². The highest BCUT2D eigenvalue weighted by Crippen LogP contribution is 2.44. The van der Waals surface area contributed by atoms with Gasteiger partial charge in [-0.3, -0.25) is 4.79 Å². The highest BCUT2D eigenvalue weighted by molar-refractivity contribution is 6.21. The van der Waals surface area contributed by atoms with Crippen LogP contribution in [-0.2, 0) is 11.2 Å². The van der Waals surface area contributed by atoms with Crippen LogP contribution in [-0.4, -0.2) is 11.1 Å². The van der Waals surface area contributed by atoms with Crippen molar-refractivity contribution in [1.29, 1.82) is 0 Å². The Balaban J connectivity index is 1.74. The smallest absolute Gasteiger partial charge is 0.307 e. The standard InChI is InChI=1S/C34H24O2/c35-32(36)22-25-15-7-8-16-27(25)26-19-20-30-31(21-26)34(24-13-5-2-6-14-24)29-18-10-9-17-28(29)33(30)23-11-3-1-4-12-23/h1-21H,22H2,(H,35,36). The SMILES string of the molecule is O=C(O)Cc1ccccc1-c1ccc2c(-c3ccccc3)c3ccccc3c(-c3ccccc3)c2c1. The summed E-state index contributed by atoms with van der Waals surface area (Å²) in [5.41, 5.74) is 7.53. The number of aliphatic carboxylic acids is 1. The number of carboxylic acid groups (broad SMARTS) is 1. The molecule has 6 aromatic carbocycles. The van der Waals surface area contributed by atoms with E-state index in [4.69, 9.17) is 0 Å². The molecule has 0 aliphatic rings. The van der Waals surface area contributed by atoms with Gasteiger partial charge in [0.1, 0.15) is 0 Å². The Hall–Kier alpha value is -4.69. The summed E-state index contributed by atoms with van der Waals surface area (Å²) < 4.78 is 0. The Bertz CT molecular complexity index is 1720. The summed E-state index contributed by atoms with van der Waals surface area (Å²) in [4.78, 5) is 11.6. The second-order valence-electron chi connectivity index (χ2n) is 9.02. The fraction of sp³-hybridized carbons (Fsp3) is 0.0294. The fourth-order valence-electron chi connectivity index (χ4n) is 5.30. The number of hydrogen-bond donors (Lipinski definition) is 1. The van der Waals surface area contributed by atoms with Crippen LogP contribution in [0.4, 0.5) is 0 Å². The molecular weight excluding hydrogens is 440 g/mol. The zero-order valence-electron chi connectivity index (χ0n) is 19.7. The fourth-order valence-corrected chi connectivity index (χ4v) is 5.30. The molecule has 172 valence electrons. The Morgan fingerprint density at radius 3 is 1.61 bits per heavy atom. The van der Waals surface area contributed by atoms with Crippen molar-refractivity contribution in [2.45, 2.75) is 6.42 Å². The molecule has 36 heavy (non-hydrogen) atoms. The molecule has 0 saturated heterocycles. The number of hydrogen-bond acceptors (Lipinski definition) is 1. The molecule has 6 rings (SSSR count). The van der Waals surface area contributed by atoms with Crippen LogP contribution in [0.5, 0.6) is 0 Å². The Morgan fingerprint density at radius 1 is 0.500 bits per heavy atom. The van der Waals surface area contributed by atoms with Crippen LogP contribution in [0.3, 0.4) is 0 Å². The molecule has 0 aromatic heterocycles. The van der Waals surface area contributed by atoms with Crippen molar-refractivity contribution >= 4 is 27.5 Å². The van der Waals surface area contributed by atoms with Gasteiger partial charge >= 0.3 is 5.97 Å². The van der Waals surface area contributed by atoms with Gasteiger partial charge in [-0.2, -0.15) is 0 Å². The van der Waals surface area contributed by atoms with E-state index in [9.17, 15) is 9.90 Å². The zero-order valence-corrected chi connectivity index (χ0v) is 19.7. The first-order valence-electron chi connectivity index (χ1n) is 12.1. The first-order chi connectivity index (χ1) is 17.7. The lowest BCUT2D eigenvalue weighted by Gasteiger charge is -2.19. The minimum Gasteiger partial charge on any atom is -0.481 e. The Morgan fingerprint density at radius 2 is 1.00 bits per heavy atom. The topological polar surface area (TPSA) is 37.3 Å². The predicted molar refractivity (Wildman–Crippen MR) is 149 cm³/mol. The predicted octanol–water partition coefficient (Wildman–Crippen LogP) is 8.62. The summed E-state index contributed by atoms with van der Waals surface area (Å²) in [7, 11) is 0. The molecule has 0 fully saturated rings. The monoisotopic (exact) mass is 464 g/mol.